The van der Waals surface area contributed by atoms with Crippen molar-refractivity contribution in [1.29, 1.82) is 0 Å². The van der Waals surface area contributed by atoms with E-state index in [4.69, 9.17) is 4.74 Å². The van der Waals surface area contributed by atoms with Crippen molar-refractivity contribution < 1.29 is 9.53 Å². The molecule has 2 aliphatic rings. The predicted molar refractivity (Wildman–Crippen MR) is 102 cm³/mol. The molecule has 0 bridgehead atoms. The van der Waals surface area contributed by atoms with E-state index < -0.39 is 0 Å². The number of benzene rings is 1. The number of anilines is 1. The van der Waals surface area contributed by atoms with Crippen LogP contribution in [0.3, 0.4) is 0 Å². The molecule has 1 atom stereocenters. The predicted octanol–water partition coefficient (Wildman–Crippen LogP) is 4.32. The number of likely N-dealkylation sites (tertiary alicyclic amines) is 1. The molecule has 1 N–H and O–H groups in total. The number of ether oxygens (including phenoxy) is 1. The van der Waals surface area contributed by atoms with Crippen molar-refractivity contribution in [2.75, 3.05) is 32.1 Å². The molecule has 1 heterocycles. The molecule has 0 radical (unpaired) electrons. The number of nitrogens with zero attached hydrogens (tertiary/aromatic N) is 1. The SMILES string of the molecule is COC(=O)c1ccc(NC2CCCN(CC3CCCCC3)CC2)cc1. The fourth-order valence-electron chi connectivity index (χ4n) is 4.27. The van der Waals surface area contributed by atoms with Gasteiger partial charge in [-0.05, 0) is 68.8 Å². The zero-order valence-electron chi connectivity index (χ0n) is 15.5. The van der Waals surface area contributed by atoms with E-state index >= 15 is 0 Å². The van der Waals surface area contributed by atoms with E-state index in [-0.39, 0.29) is 5.97 Å². The van der Waals surface area contributed by atoms with Gasteiger partial charge in [0.2, 0.25) is 0 Å². The highest BCUT2D eigenvalue weighted by Crippen LogP contribution is 2.26. The van der Waals surface area contributed by atoms with Crippen LogP contribution in [0.1, 0.15) is 61.7 Å². The van der Waals surface area contributed by atoms with Crippen molar-refractivity contribution in [3.63, 3.8) is 0 Å². The highest BCUT2D eigenvalue weighted by molar-refractivity contribution is 5.89. The van der Waals surface area contributed by atoms with Crippen LogP contribution in [0.4, 0.5) is 5.69 Å². The first-order valence-corrected chi connectivity index (χ1v) is 9.92. The van der Waals surface area contributed by atoms with Gasteiger partial charge in [0.25, 0.3) is 0 Å². The third-order valence-corrected chi connectivity index (χ3v) is 5.74. The number of hydrogen-bond acceptors (Lipinski definition) is 4. The topological polar surface area (TPSA) is 41.6 Å². The zero-order valence-corrected chi connectivity index (χ0v) is 15.5. The summed E-state index contributed by atoms with van der Waals surface area (Å²) in [5, 5.41) is 3.65. The Morgan fingerprint density at radius 1 is 1.04 bits per heavy atom. The van der Waals surface area contributed by atoms with E-state index in [0.717, 1.165) is 11.6 Å². The standard InChI is InChI=1S/C21H32N2O2/c1-25-21(24)18-9-11-20(12-10-18)22-19-8-5-14-23(15-13-19)16-17-6-3-2-4-7-17/h9-12,17,19,22H,2-8,13-16H2,1H3. The fraction of sp³-hybridized carbons (Fsp3) is 0.667. The number of methoxy groups -OCH3 is 1. The van der Waals surface area contributed by atoms with Gasteiger partial charge >= 0.3 is 5.97 Å². The number of nitrogens with one attached hydrogen (secondary N) is 1. The maximum absolute atomic E-state index is 11.5. The Hall–Kier alpha value is -1.55. The molecule has 0 aromatic heterocycles. The lowest BCUT2D eigenvalue weighted by molar-refractivity contribution is 0.0601. The average molecular weight is 344 g/mol. The first-order valence-electron chi connectivity index (χ1n) is 9.92. The summed E-state index contributed by atoms with van der Waals surface area (Å²) in [6, 6.07) is 8.16. The van der Waals surface area contributed by atoms with Gasteiger partial charge in [-0.25, -0.2) is 4.79 Å². The van der Waals surface area contributed by atoms with Gasteiger partial charge in [0.15, 0.2) is 0 Å². The fourth-order valence-corrected chi connectivity index (χ4v) is 4.27. The normalized spacial score (nSPS) is 23.0. The Kier molecular flexibility index (Phi) is 6.74. The lowest BCUT2D eigenvalue weighted by Crippen LogP contribution is -2.32. The summed E-state index contributed by atoms with van der Waals surface area (Å²) >= 11 is 0. The maximum Gasteiger partial charge on any atom is 0.337 e. The number of hydrogen-bond donors (Lipinski definition) is 1. The van der Waals surface area contributed by atoms with Crippen LogP contribution in [0, 0.1) is 5.92 Å². The second kappa shape index (κ2) is 9.23. The largest absolute Gasteiger partial charge is 0.465 e. The Labute approximate surface area is 151 Å². The summed E-state index contributed by atoms with van der Waals surface area (Å²) in [7, 11) is 1.42. The van der Waals surface area contributed by atoms with Crippen molar-refractivity contribution in [3.05, 3.63) is 29.8 Å². The van der Waals surface area contributed by atoms with E-state index in [1.165, 1.54) is 78.1 Å². The minimum absolute atomic E-state index is 0.278. The van der Waals surface area contributed by atoms with E-state index in [9.17, 15) is 4.79 Å². The molecular formula is C21H32N2O2. The minimum Gasteiger partial charge on any atom is -0.465 e. The van der Waals surface area contributed by atoms with Gasteiger partial charge in [-0.3, -0.25) is 0 Å². The number of rotatable bonds is 5. The van der Waals surface area contributed by atoms with Crippen LogP contribution in [-0.4, -0.2) is 43.7 Å². The lowest BCUT2D eigenvalue weighted by Gasteiger charge is -2.28. The zero-order chi connectivity index (χ0) is 17.5. The van der Waals surface area contributed by atoms with Gasteiger partial charge in [-0.15, -0.1) is 0 Å². The van der Waals surface area contributed by atoms with E-state index in [1.807, 2.05) is 24.3 Å². The maximum atomic E-state index is 11.5. The summed E-state index contributed by atoms with van der Waals surface area (Å²) in [6.07, 6.45) is 10.9. The molecule has 138 valence electrons. The minimum atomic E-state index is -0.278. The molecule has 1 saturated carbocycles. The van der Waals surface area contributed by atoms with Gasteiger partial charge in [0.05, 0.1) is 12.7 Å². The lowest BCUT2D eigenvalue weighted by atomic mass is 9.89. The molecule has 1 aliphatic carbocycles. The molecule has 4 heteroatoms. The van der Waals surface area contributed by atoms with Crippen molar-refractivity contribution >= 4 is 11.7 Å². The highest BCUT2D eigenvalue weighted by atomic mass is 16.5. The summed E-state index contributed by atoms with van der Waals surface area (Å²) in [4.78, 5) is 14.2. The number of esters is 1. The van der Waals surface area contributed by atoms with Crippen LogP contribution < -0.4 is 5.32 Å². The molecule has 1 saturated heterocycles. The third-order valence-electron chi connectivity index (χ3n) is 5.74. The van der Waals surface area contributed by atoms with Crippen LogP contribution in [-0.2, 0) is 4.74 Å². The smallest absolute Gasteiger partial charge is 0.337 e. The second-order valence-corrected chi connectivity index (χ2v) is 7.65. The molecule has 0 amide bonds. The van der Waals surface area contributed by atoms with E-state index in [2.05, 4.69) is 10.2 Å². The van der Waals surface area contributed by atoms with E-state index in [1.54, 1.807) is 0 Å². The Morgan fingerprint density at radius 2 is 1.80 bits per heavy atom. The Bertz CT molecular complexity index is 537. The molecule has 1 unspecified atom stereocenters. The highest BCUT2D eigenvalue weighted by Gasteiger charge is 2.21. The van der Waals surface area contributed by atoms with Crippen molar-refractivity contribution in [2.45, 2.75) is 57.4 Å². The van der Waals surface area contributed by atoms with Crippen LogP contribution in [0.25, 0.3) is 0 Å². The summed E-state index contributed by atoms with van der Waals surface area (Å²) in [5.41, 5.74) is 1.70. The molecule has 3 rings (SSSR count). The van der Waals surface area contributed by atoms with Crippen LogP contribution in [0.2, 0.25) is 0 Å². The quantitative estimate of drug-likeness (QED) is 0.808. The first kappa shape index (κ1) is 18.2. The van der Waals surface area contributed by atoms with Gasteiger partial charge in [-0.2, -0.15) is 0 Å². The molecule has 1 aromatic rings. The number of carbonyl (C=O) groups excluding carboxylic acids is 1. The third kappa shape index (κ3) is 5.46. The van der Waals surface area contributed by atoms with Gasteiger partial charge in [-0.1, -0.05) is 19.3 Å². The van der Waals surface area contributed by atoms with Crippen LogP contribution in [0.5, 0.6) is 0 Å². The first-order chi connectivity index (χ1) is 12.2. The molecule has 2 fully saturated rings. The van der Waals surface area contributed by atoms with Gasteiger partial charge < -0.3 is 15.0 Å². The van der Waals surface area contributed by atoms with E-state index in [0.29, 0.717) is 11.6 Å². The Balaban J connectivity index is 1.47. The van der Waals surface area contributed by atoms with Crippen molar-refractivity contribution in [1.82, 2.24) is 4.90 Å². The van der Waals surface area contributed by atoms with Crippen LogP contribution in [0.15, 0.2) is 24.3 Å². The second-order valence-electron chi connectivity index (χ2n) is 7.65. The Morgan fingerprint density at radius 3 is 2.52 bits per heavy atom. The molecule has 1 aliphatic heterocycles. The monoisotopic (exact) mass is 344 g/mol. The molecule has 4 nitrogen and oxygen atoms in total. The summed E-state index contributed by atoms with van der Waals surface area (Å²) in [6.45, 7) is 3.75. The van der Waals surface area contributed by atoms with Crippen molar-refractivity contribution in [3.8, 4) is 0 Å². The molecule has 25 heavy (non-hydrogen) atoms. The molecule has 1 aromatic carbocycles. The average Bonchev–Trinajstić information content (AvgIpc) is 2.88. The van der Waals surface area contributed by atoms with Gasteiger partial charge in [0, 0.05) is 24.8 Å². The summed E-state index contributed by atoms with van der Waals surface area (Å²) in [5.74, 6) is 0.656. The summed E-state index contributed by atoms with van der Waals surface area (Å²) < 4.78 is 4.75. The van der Waals surface area contributed by atoms with Gasteiger partial charge in [0.1, 0.15) is 0 Å². The molecule has 0 spiro atoms. The molecular weight excluding hydrogens is 312 g/mol. The van der Waals surface area contributed by atoms with Crippen molar-refractivity contribution in [2.24, 2.45) is 5.92 Å². The number of carbonyl (C=O) groups is 1. The van der Waals surface area contributed by atoms with Crippen LogP contribution >= 0.6 is 0 Å².